The number of rotatable bonds is 33. The minimum Gasteiger partial charge on any atom is -0.481 e. The number of aliphatic carboxylic acids is 2. The maximum atomic E-state index is 14.0. The number of anilines is 2. The molecule has 1 aliphatic rings. The zero-order valence-corrected chi connectivity index (χ0v) is 49.0. The molecule has 4 atom stereocenters. The Bertz CT molecular complexity index is 2640. The van der Waals surface area contributed by atoms with Crippen molar-refractivity contribution in [2.24, 2.45) is 5.92 Å². The fourth-order valence-electron chi connectivity index (χ4n) is 9.10. The number of carboxylic acid groups (broad SMARTS) is 2. The van der Waals surface area contributed by atoms with Crippen molar-refractivity contribution in [3.63, 3.8) is 0 Å². The maximum absolute atomic E-state index is 14.0. The predicted molar refractivity (Wildman–Crippen MR) is 299 cm³/mol. The summed E-state index contributed by atoms with van der Waals surface area (Å²) in [5, 5.41) is 38.4. The van der Waals surface area contributed by atoms with Gasteiger partial charge in [-0.1, -0.05) is 69.2 Å². The van der Waals surface area contributed by atoms with E-state index >= 15 is 0 Å². The molecule has 0 unspecified atom stereocenters. The molecule has 0 bridgehead atoms. The number of aryl methyl sites for hydroxylation is 1. The number of nitrogens with one attached hydrogen (secondary N) is 7. The zero-order chi connectivity index (χ0) is 57.8. The van der Waals surface area contributed by atoms with Gasteiger partial charge in [-0.25, -0.2) is 9.59 Å². The number of carbonyl (C=O) groups excluding carboxylic acids is 7. The molecule has 22 nitrogen and oxygen atoms in total. The van der Waals surface area contributed by atoms with Crippen LogP contribution in [-0.4, -0.2) is 134 Å². The Balaban J connectivity index is 0.0000141. The Morgan fingerprint density at radius 2 is 1.26 bits per heavy atom. The van der Waals surface area contributed by atoms with Gasteiger partial charge in [0, 0.05) is 89.8 Å². The van der Waals surface area contributed by atoms with Gasteiger partial charge in [0.1, 0.15) is 24.2 Å². The Labute approximate surface area is 486 Å². The van der Waals surface area contributed by atoms with Gasteiger partial charge >= 0.3 is 18.0 Å². The molecule has 437 valence electrons. The molecule has 9 N–H and O–H groups in total. The molecule has 1 saturated heterocycles. The molecule has 2 aromatic heterocycles. The van der Waals surface area contributed by atoms with E-state index in [1.165, 1.54) is 4.90 Å². The molecule has 1 aliphatic heterocycles. The number of hydrogen-bond acceptors (Lipinski definition) is 12. The Morgan fingerprint density at radius 1 is 0.667 bits per heavy atom. The second kappa shape index (κ2) is 35.2. The second-order valence-corrected chi connectivity index (χ2v) is 20.3. The quantitative estimate of drug-likeness (QED) is 0.0281. The van der Waals surface area contributed by atoms with Gasteiger partial charge in [-0.2, -0.15) is 0 Å². The average molecular weight is 1290 g/mol. The van der Waals surface area contributed by atoms with E-state index in [1.54, 1.807) is 62.6 Å². The number of para-hydroxylation sites is 1. The molecule has 2 aromatic carbocycles. The van der Waals surface area contributed by atoms with Crippen LogP contribution in [0.3, 0.4) is 0 Å². The number of amides is 8. The maximum Gasteiger partial charge on any atom is 0.326 e. The summed E-state index contributed by atoms with van der Waals surface area (Å²) in [4.78, 5) is 129. The van der Waals surface area contributed by atoms with Gasteiger partial charge in [-0.05, 0) is 118 Å². The summed E-state index contributed by atoms with van der Waals surface area (Å²) in [5.41, 5.74) is 4.48. The molecule has 23 heteroatoms. The molecule has 5 rings (SSSR count). The van der Waals surface area contributed by atoms with Gasteiger partial charge in [-0.3, -0.25) is 48.4 Å². The number of carbonyl (C=O) groups is 9. The summed E-state index contributed by atoms with van der Waals surface area (Å²) in [6, 6.07) is 19.7. The second-order valence-electron chi connectivity index (χ2n) is 20.3. The zero-order valence-electron chi connectivity index (χ0n) is 46.3. The Kier molecular flexibility index (Phi) is 28.6. The SMILES string of the molecule is Cc1ccccc1NC(=O)Nc1ccc(CC(=O)N[C@@H](CCCCNC(=O)CCC(=O)NCCCCCCN(Cc2ccccn2)Cc2ccccn2)C(=O)N[C@@H](CC(=O)O)C(=O)N[C@H](C(=O)N2CCC[C@H]2C(=O)O)C(C)C)cc1.[Re]. The van der Waals surface area contributed by atoms with Crippen LogP contribution in [-0.2, 0) is 78.3 Å². The number of pyridine rings is 2. The molecular formula is C58H77N11O11Re. The van der Waals surface area contributed by atoms with Crippen LogP contribution in [0.25, 0.3) is 0 Å². The van der Waals surface area contributed by atoms with E-state index in [1.807, 2.05) is 55.5 Å². The van der Waals surface area contributed by atoms with Gasteiger partial charge < -0.3 is 52.3 Å². The van der Waals surface area contributed by atoms with E-state index in [4.69, 9.17) is 0 Å². The standard InChI is InChI=1S/C58H77N11O11.Re/c1-39(2)53(56(77)69-34-16-22-48(69)57(78)79)67-55(76)47(36-52(73)74)65-54(75)46(64-51(72)35-41-23-25-42(26-24-41)63-58(80)66-45-20-7-6-17-40(45)3)21-10-14-32-62-50(71)28-27-49(70)61-31-11-4-5-15-33-68(37-43-18-8-12-29-59-43)38-44-19-9-13-30-60-44;/h6-9,12-13,17-20,23-26,29-30,39,46-48,53H,4-5,10-11,14-16,21-22,27-28,31-38H2,1-3H3,(H,61,70)(H,62,71)(H,64,72)(H,65,75)(H,67,76)(H,73,74)(H,78,79)(H2,63,66,80);/t46-,47-,48-,53-;/m0./s1. The van der Waals surface area contributed by atoms with Crippen LogP contribution < -0.4 is 37.2 Å². The smallest absolute Gasteiger partial charge is 0.326 e. The van der Waals surface area contributed by atoms with Crippen molar-refractivity contribution >= 4 is 64.8 Å². The van der Waals surface area contributed by atoms with Gasteiger partial charge in [-0.15, -0.1) is 0 Å². The monoisotopic (exact) mass is 1290 g/mol. The van der Waals surface area contributed by atoms with Crippen LogP contribution in [0.1, 0.15) is 113 Å². The third-order valence-corrected chi connectivity index (χ3v) is 13.5. The number of hydrogen-bond donors (Lipinski definition) is 9. The van der Waals surface area contributed by atoms with Crippen molar-refractivity contribution < 1.29 is 73.8 Å². The normalized spacial score (nSPS) is 13.9. The van der Waals surface area contributed by atoms with E-state index in [0.29, 0.717) is 49.4 Å². The van der Waals surface area contributed by atoms with Crippen molar-refractivity contribution in [2.75, 3.05) is 36.8 Å². The molecule has 4 aromatic rings. The molecule has 8 amide bonds. The summed E-state index contributed by atoms with van der Waals surface area (Å²) in [7, 11) is 0. The van der Waals surface area contributed by atoms with E-state index in [0.717, 1.165) is 49.2 Å². The molecule has 3 heterocycles. The largest absolute Gasteiger partial charge is 0.481 e. The van der Waals surface area contributed by atoms with Crippen LogP contribution >= 0.6 is 0 Å². The van der Waals surface area contributed by atoms with Gasteiger partial charge in [0.05, 0.1) is 24.2 Å². The Morgan fingerprint density at radius 3 is 1.84 bits per heavy atom. The summed E-state index contributed by atoms with van der Waals surface area (Å²) in [6.45, 7) is 8.26. The fourth-order valence-corrected chi connectivity index (χ4v) is 9.10. The van der Waals surface area contributed by atoms with Crippen LogP contribution in [0.15, 0.2) is 97.3 Å². The van der Waals surface area contributed by atoms with Crippen LogP contribution in [0, 0.1) is 12.8 Å². The molecule has 1 fully saturated rings. The minimum atomic E-state index is -1.70. The number of nitrogens with zero attached hydrogens (tertiary/aromatic N) is 4. The van der Waals surface area contributed by atoms with E-state index in [-0.39, 0.29) is 83.9 Å². The Hall–Kier alpha value is -7.61. The van der Waals surface area contributed by atoms with Gasteiger partial charge in [0.15, 0.2) is 0 Å². The third-order valence-electron chi connectivity index (χ3n) is 13.5. The first-order valence-corrected chi connectivity index (χ1v) is 27.4. The van der Waals surface area contributed by atoms with Crippen LogP contribution in [0.2, 0.25) is 0 Å². The first kappa shape index (κ1) is 65.9. The number of carboxylic acids is 2. The molecular weight excluding hydrogens is 1210 g/mol. The predicted octanol–water partition coefficient (Wildman–Crippen LogP) is 5.08. The summed E-state index contributed by atoms with van der Waals surface area (Å²) < 4.78 is 0. The topological polar surface area (TPSA) is 311 Å². The van der Waals surface area contributed by atoms with Gasteiger partial charge in [0.25, 0.3) is 0 Å². The number of unbranched alkanes of at least 4 members (excludes halogenated alkanes) is 4. The first-order chi connectivity index (χ1) is 38.4. The van der Waals surface area contributed by atoms with E-state index in [2.05, 4.69) is 52.1 Å². The molecule has 0 aliphatic carbocycles. The van der Waals surface area contributed by atoms with Crippen LogP contribution in [0.4, 0.5) is 16.2 Å². The summed E-state index contributed by atoms with van der Waals surface area (Å²) in [5.74, 6) is -6.88. The van der Waals surface area contributed by atoms with E-state index < -0.39 is 78.1 Å². The fraction of sp³-hybridized carbons (Fsp3) is 0.466. The molecule has 81 heavy (non-hydrogen) atoms. The molecule has 0 saturated carbocycles. The third kappa shape index (κ3) is 23.9. The van der Waals surface area contributed by atoms with Crippen molar-refractivity contribution in [3.05, 3.63) is 120 Å². The van der Waals surface area contributed by atoms with Crippen molar-refractivity contribution in [1.29, 1.82) is 0 Å². The van der Waals surface area contributed by atoms with Crippen molar-refractivity contribution in [1.82, 2.24) is 46.4 Å². The average Bonchev–Trinajstić information content (AvgIpc) is 3.95. The van der Waals surface area contributed by atoms with Gasteiger partial charge in [0.2, 0.25) is 35.4 Å². The van der Waals surface area contributed by atoms with Crippen molar-refractivity contribution in [3.8, 4) is 0 Å². The first-order valence-electron chi connectivity index (χ1n) is 27.4. The molecule has 1 radical (unpaired) electrons. The number of likely N-dealkylation sites (tertiary alicyclic amines) is 1. The van der Waals surface area contributed by atoms with Crippen molar-refractivity contribution in [2.45, 2.75) is 141 Å². The van der Waals surface area contributed by atoms with Crippen LogP contribution in [0.5, 0.6) is 0 Å². The number of urea groups is 1. The molecule has 0 spiro atoms. The van der Waals surface area contributed by atoms with E-state index in [9.17, 15) is 53.4 Å². The summed E-state index contributed by atoms with van der Waals surface area (Å²) in [6.07, 6.45) is 7.43. The number of aromatic nitrogens is 2. The minimum absolute atomic E-state index is 0. The summed E-state index contributed by atoms with van der Waals surface area (Å²) >= 11 is 0. The number of benzene rings is 2.